The Morgan fingerprint density at radius 1 is 1.38 bits per heavy atom. The van der Waals surface area contributed by atoms with Gasteiger partial charge in [0.25, 0.3) is 0 Å². The summed E-state index contributed by atoms with van der Waals surface area (Å²) in [6.45, 7) is 16.6. The summed E-state index contributed by atoms with van der Waals surface area (Å²) in [6.07, 6.45) is 2.85. The van der Waals surface area contributed by atoms with E-state index in [1.807, 2.05) is 4.68 Å². The van der Waals surface area contributed by atoms with Crippen LogP contribution < -0.4 is 5.32 Å². The molecule has 2 unspecified atom stereocenters. The van der Waals surface area contributed by atoms with Crippen molar-refractivity contribution in [3.8, 4) is 0 Å². The van der Waals surface area contributed by atoms with E-state index in [0.717, 1.165) is 25.5 Å². The van der Waals surface area contributed by atoms with E-state index in [-0.39, 0.29) is 5.41 Å². The van der Waals surface area contributed by atoms with Crippen LogP contribution in [-0.4, -0.2) is 44.8 Å². The summed E-state index contributed by atoms with van der Waals surface area (Å²) in [5.41, 5.74) is 0.258. The topological polar surface area (TPSA) is 46.0 Å². The smallest absolute Gasteiger partial charge is 0.141 e. The van der Waals surface area contributed by atoms with E-state index in [9.17, 15) is 0 Å². The summed E-state index contributed by atoms with van der Waals surface area (Å²) in [4.78, 5) is 7.08. The molecule has 0 amide bonds. The van der Waals surface area contributed by atoms with Crippen LogP contribution in [-0.2, 0) is 6.54 Å². The normalized spacial score (nSPS) is 24.7. The molecule has 2 atom stereocenters. The van der Waals surface area contributed by atoms with Crippen molar-refractivity contribution in [1.82, 2.24) is 25.0 Å². The molecule has 0 aromatic carbocycles. The third kappa shape index (κ3) is 3.83. The Bertz CT molecular complexity index is 446. The Hall–Kier alpha value is -0.940. The van der Waals surface area contributed by atoms with Crippen molar-refractivity contribution in [3.05, 3.63) is 12.2 Å². The third-order valence-electron chi connectivity index (χ3n) is 4.47. The van der Waals surface area contributed by atoms with E-state index >= 15 is 0 Å². The van der Waals surface area contributed by atoms with Crippen LogP contribution in [0.2, 0.25) is 0 Å². The van der Waals surface area contributed by atoms with Crippen molar-refractivity contribution in [2.45, 2.75) is 72.6 Å². The molecule has 1 fully saturated rings. The lowest BCUT2D eigenvalue weighted by atomic mass is 9.83. The zero-order valence-corrected chi connectivity index (χ0v) is 14.4. The van der Waals surface area contributed by atoms with Crippen LogP contribution in [0.15, 0.2) is 6.33 Å². The first-order valence-electron chi connectivity index (χ1n) is 8.18. The number of hydrogen-bond donors (Lipinski definition) is 1. The third-order valence-corrected chi connectivity index (χ3v) is 4.47. The minimum Gasteiger partial charge on any atom is -0.311 e. The van der Waals surface area contributed by atoms with Gasteiger partial charge in [-0.05, 0) is 25.7 Å². The zero-order valence-electron chi connectivity index (χ0n) is 14.4. The fourth-order valence-electron chi connectivity index (χ4n) is 3.18. The van der Waals surface area contributed by atoms with Crippen molar-refractivity contribution in [3.63, 3.8) is 0 Å². The SMILES string of the molecule is CCC1CN(Cc2ncnn2C(C)C)C(C(C)(C)C)CN1. The van der Waals surface area contributed by atoms with Gasteiger partial charge in [0.15, 0.2) is 0 Å². The first-order chi connectivity index (χ1) is 9.82. The van der Waals surface area contributed by atoms with Gasteiger partial charge in [-0.3, -0.25) is 4.90 Å². The molecule has 1 aliphatic heterocycles. The molecule has 1 aromatic heterocycles. The van der Waals surface area contributed by atoms with Crippen LogP contribution in [0.5, 0.6) is 0 Å². The molecule has 5 heteroatoms. The van der Waals surface area contributed by atoms with E-state index in [1.54, 1.807) is 6.33 Å². The van der Waals surface area contributed by atoms with E-state index < -0.39 is 0 Å². The summed E-state index contributed by atoms with van der Waals surface area (Å²) in [5, 5.41) is 8.06. The van der Waals surface area contributed by atoms with Gasteiger partial charge in [-0.25, -0.2) is 9.67 Å². The molecule has 120 valence electrons. The predicted octanol–water partition coefficient (Wildman–Crippen LogP) is 2.46. The molecule has 0 spiro atoms. The number of piperazine rings is 1. The lowest BCUT2D eigenvalue weighted by Gasteiger charge is -2.46. The summed E-state index contributed by atoms with van der Waals surface area (Å²) >= 11 is 0. The molecule has 0 aliphatic carbocycles. The largest absolute Gasteiger partial charge is 0.311 e. The van der Waals surface area contributed by atoms with Crippen LogP contribution in [0.3, 0.4) is 0 Å². The number of nitrogens with zero attached hydrogens (tertiary/aromatic N) is 4. The number of aromatic nitrogens is 3. The average molecular weight is 293 g/mol. The minimum atomic E-state index is 0.258. The van der Waals surface area contributed by atoms with Gasteiger partial charge in [0.05, 0.1) is 6.54 Å². The second kappa shape index (κ2) is 6.44. The fraction of sp³-hybridized carbons (Fsp3) is 0.875. The second-order valence-electron chi connectivity index (χ2n) is 7.54. The van der Waals surface area contributed by atoms with Crippen LogP contribution in [0.1, 0.15) is 59.8 Å². The lowest BCUT2D eigenvalue weighted by molar-refractivity contribution is 0.0451. The molecule has 0 bridgehead atoms. The Balaban J connectivity index is 2.17. The predicted molar refractivity (Wildman–Crippen MR) is 86.1 cm³/mol. The summed E-state index contributed by atoms with van der Waals surface area (Å²) in [7, 11) is 0. The van der Waals surface area contributed by atoms with Crippen LogP contribution in [0.4, 0.5) is 0 Å². The number of nitrogens with one attached hydrogen (secondary N) is 1. The Kier molecular flexibility index (Phi) is 5.04. The van der Waals surface area contributed by atoms with Gasteiger partial charge in [-0.1, -0.05) is 27.7 Å². The summed E-state index contributed by atoms with van der Waals surface area (Å²) < 4.78 is 2.04. The van der Waals surface area contributed by atoms with Crippen molar-refractivity contribution < 1.29 is 0 Å². The molecular weight excluding hydrogens is 262 g/mol. The molecule has 2 heterocycles. The van der Waals surface area contributed by atoms with Crippen LogP contribution in [0.25, 0.3) is 0 Å². The van der Waals surface area contributed by atoms with Gasteiger partial charge < -0.3 is 5.32 Å². The molecule has 21 heavy (non-hydrogen) atoms. The highest BCUT2D eigenvalue weighted by Gasteiger charge is 2.35. The average Bonchev–Trinajstić information content (AvgIpc) is 2.85. The maximum atomic E-state index is 4.49. The molecule has 1 aromatic rings. The quantitative estimate of drug-likeness (QED) is 0.926. The highest BCUT2D eigenvalue weighted by molar-refractivity contribution is 4.96. The standard InChI is InChI=1S/C16H31N5/c1-7-13-9-20(14(8-17-13)16(4,5)6)10-15-18-11-19-21(15)12(2)3/h11-14,17H,7-10H2,1-6H3. The zero-order chi connectivity index (χ0) is 15.6. The Morgan fingerprint density at radius 2 is 2.10 bits per heavy atom. The molecule has 1 N–H and O–H groups in total. The van der Waals surface area contributed by atoms with E-state index in [4.69, 9.17) is 0 Å². The maximum absolute atomic E-state index is 4.49. The van der Waals surface area contributed by atoms with Gasteiger partial charge in [-0.2, -0.15) is 5.10 Å². The minimum absolute atomic E-state index is 0.258. The second-order valence-corrected chi connectivity index (χ2v) is 7.54. The van der Waals surface area contributed by atoms with E-state index in [0.29, 0.717) is 18.1 Å². The molecule has 1 saturated heterocycles. The van der Waals surface area contributed by atoms with Gasteiger partial charge >= 0.3 is 0 Å². The first-order valence-corrected chi connectivity index (χ1v) is 8.18. The summed E-state index contributed by atoms with van der Waals surface area (Å²) in [6, 6.07) is 1.47. The van der Waals surface area contributed by atoms with Crippen molar-refractivity contribution in [1.29, 1.82) is 0 Å². The van der Waals surface area contributed by atoms with Crippen LogP contribution >= 0.6 is 0 Å². The summed E-state index contributed by atoms with van der Waals surface area (Å²) in [5.74, 6) is 1.08. The van der Waals surface area contributed by atoms with Gasteiger partial charge in [0, 0.05) is 31.2 Å². The maximum Gasteiger partial charge on any atom is 0.141 e. The fourth-order valence-corrected chi connectivity index (χ4v) is 3.18. The van der Waals surface area contributed by atoms with E-state index in [1.165, 1.54) is 6.42 Å². The van der Waals surface area contributed by atoms with Crippen LogP contribution in [0, 0.1) is 5.41 Å². The molecule has 5 nitrogen and oxygen atoms in total. The van der Waals surface area contributed by atoms with Crippen molar-refractivity contribution in [2.75, 3.05) is 13.1 Å². The van der Waals surface area contributed by atoms with Gasteiger partial charge in [-0.15, -0.1) is 0 Å². The van der Waals surface area contributed by atoms with Gasteiger partial charge in [0.1, 0.15) is 12.2 Å². The molecule has 1 aliphatic rings. The highest BCUT2D eigenvalue weighted by atomic mass is 15.4. The van der Waals surface area contributed by atoms with E-state index in [2.05, 4.69) is 61.8 Å². The number of hydrogen-bond acceptors (Lipinski definition) is 4. The lowest BCUT2D eigenvalue weighted by Crippen LogP contribution is -2.60. The monoisotopic (exact) mass is 293 g/mol. The molecule has 0 saturated carbocycles. The van der Waals surface area contributed by atoms with Crippen molar-refractivity contribution in [2.24, 2.45) is 5.41 Å². The Morgan fingerprint density at radius 3 is 2.67 bits per heavy atom. The molecular formula is C16H31N5. The molecule has 2 rings (SSSR count). The first kappa shape index (κ1) is 16.4. The number of rotatable bonds is 4. The highest BCUT2D eigenvalue weighted by Crippen LogP contribution is 2.28. The van der Waals surface area contributed by atoms with Crippen molar-refractivity contribution >= 4 is 0 Å². The molecule has 0 radical (unpaired) electrons. The Labute approximate surface area is 129 Å². The van der Waals surface area contributed by atoms with Gasteiger partial charge in [0.2, 0.25) is 0 Å².